The third-order valence-electron chi connectivity index (χ3n) is 2.82. The second-order valence-electron chi connectivity index (χ2n) is 4.34. The van der Waals surface area contributed by atoms with E-state index in [0.717, 1.165) is 28.3 Å². The molecule has 0 aliphatic heterocycles. The van der Waals surface area contributed by atoms with Crippen LogP contribution in [0.5, 0.6) is 0 Å². The minimum atomic E-state index is 0.876. The fourth-order valence-electron chi connectivity index (χ4n) is 1.96. The van der Waals surface area contributed by atoms with Crippen molar-refractivity contribution in [2.45, 2.75) is 6.92 Å². The molecule has 3 aromatic rings. The van der Waals surface area contributed by atoms with Gasteiger partial charge in [0.25, 0.3) is 0 Å². The third kappa shape index (κ3) is 2.50. The first-order valence-electron chi connectivity index (χ1n) is 6.14. The number of hydrogen-bond acceptors (Lipinski definition) is 3. The van der Waals surface area contributed by atoms with Gasteiger partial charge in [-0.2, -0.15) is 0 Å². The Morgan fingerprint density at radius 2 is 1.21 bits per heavy atom. The Morgan fingerprint density at radius 1 is 0.684 bits per heavy atom. The zero-order valence-corrected chi connectivity index (χ0v) is 10.6. The molecule has 0 atom stereocenters. The molecule has 3 rings (SSSR count). The van der Waals surface area contributed by atoms with Crippen molar-refractivity contribution in [2.24, 2.45) is 0 Å². The highest BCUT2D eigenvalue weighted by Gasteiger charge is 2.06. The van der Waals surface area contributed by atoms with Crippen molar-refractivity contribution >= 4 is 0 Å². The molecular formula is C16H13N3. The first-order valence-corrected chi connectivity index (χ1v) is 6.14. The second kappa shape index (κ2) is 4.98. The Hall–Kier alpha value is -2.55. The first kappa shape index (κ1) is 11.5. The highest BCUT2D eigenvalue weighted by atomic mass is 14.8. The van der Waals surface area contributed by atoms with Crippen molar-refractivity contribution in [1.29, 1.82) is 0 Å². The van der Waals surface area contributed by atoms with E-state index in [1.807, 2.05) is 48.5 Å². The first-order chi connectivity index (χ1) is 9.33. The monoisotopic (exact) mass is 247 g/mol. The van der Waals surface area contributed by atoms with E-state index in [2.05, 4.69) is 21.9 Å². The molecule has 0 amide bonds. The van der Waals surface area contributed by atoms with Gasteiger partial charge in [-0.25, -0.2) is 4.98 Å². The van der Waals surface area contributed by atoms with Gasteiger partial charge < -0.3 is 0 Å². The minimum Gasteiger partial charge on any atom is -0.255 e. The van der Waals surface area contributed by atoms with Crippen LogP contribution in [0, 0.1) is 6.92 Å². The Kier molecular flexibility index (Phi) is 3.02. The molecule has 3 aromatic heterocycles. The van der Waals surface area contributed by atoms with Gasteiger partial charge in [0, 0.05) is 12.4 Å². The highest BCUT2D eigenvalue weighted by Crippen LogP contribution is 2.21. The van der Waals surface area contributed by atoms with E-state index in [-0.39, 0.29) is 0 Å². The van der Waals surface area contributed by atoms with Crippen molar-refractivity contribution in [2.75, 3.05) is 0 Å². The second-order valence-corrected chi connectivity index (χ2v) is 4.34. The quantitative estimate of drug-likeness (QED) is 0.695. The zero-order valence-electron chi connectivity index (χ0n) is 10.6. The smallest absolute Gasteiger partial charge is 0.0896 e. The van der Waals surface area contributed by atoms with Gasteiger partial charge in [0.05, 0.1) is 22.8 Å². The van der Waals surface area contributed by atoms with Gasteiger partial charge in [-0.1, -0.05) is 12.1 Å². The number of pyridine rings is 3. The summed E-state index contributed by atoms with van der Waals surface area (Å²) in [5, 5.41) is 0. The van der Waals surface area contributed by atoms with Crippen LogP contribution < -0.4 is 0 Å². The lowest BCUT2D eigenvalue weighted by Crippen LogP contribution is -1.93. The molecule has 0 N–H and O–H groups in total. The SMILES string of the molecule is Cc1cc(-c2ccccn2)nc(-c2ccccn2)c1. The topological polar surface area (TPSA) is 38.7 Å². The summed E-state index contributed by atoms with van der Waals surface area (Å²) in [6.45, 7) is 2.06. The fraction of sp³-hybridized carbons (Fsp3) is 0.0625. The molecule has 0 aliphatic rings. The third-order valence-corrected chi connectivity index (χ3v) is 2.82. The number of aromatic nitrogens is 3. The van der Waals surface area contributed by atoms with Crippen molar-refractivity contribution in [3.63, 3.8) is 0 Å². The van der Waals surface area contributed by atoms with Gasteiger partial charge >= 0.3 is 0 Å². The lowest BCUT2D eigenvalue weighted by molar-refractivity contribution is 1.20. The largest absolute Gasteiger partial charge is 0.255 e. The van der Waals surface area contributed by atoms with Crippen LogP contribution in [0.3, 0.4) is 0 Å². The van der Waals surface area contributed by atoms with Crippen molar-refractivity contribution in [3.8, 4) is 22.8 Å². The predicted octanol–water partition coefficient (Wildman–Crippen LogP) is 3.51. The van der Waals surface area contributed by atoms with Gasteiger partial charge in [0.1, 0.15) is 0 Å². The zero-order chi connectivity index (χ0) is 13.1. The Labute approximate surface area is 112 Å². The van der Waals surface area contributed by atoms with E-state index < -0.39 is 0 Å². The van der Waals surface area contributed by atoms with Gasteiger partial charge in [-0.3, -0.25) is 9.97 Å². The molecule has 0 aromatic carbocycles. The van der Waals surface area contributed by atoms with Crippen molar-refractivity contribution < 1.29 is 0 Å². The highest BCUT2D eigenvalue weighted by molar-refractivity contribution is 5.62. The van der Waals surface area contributed by atoms with Crippen LogP contribution in [0.1, 0.15) is 5.56 Å². The van der Waals surface area contributed by atoms with Gasteiger partial charge in [0.15, 0.2) is 0 Å². The maximum absolute atomic E-state index is 4.65. The predicted molar refractivity (Wildman–Crippen MR) is 75.4 cm³/mol. The number of rotatable bonds is 2. The summed E-state index contributed by atoms with van der Waals surface area (Å²) in [6, 6.07) is 15.7. The summed E-state index contributed by atoms with van der Waals surface area (Å²) in [4.78, 5) is 13.3. The van der Waals surface area contributed by atoms with E-state index in [4.69, 9.17) is 0 Å². The summed E-state index contributed by atoms with van der Waals surface area (Å²) in [5.74, 6) is 0. The molecule has 3 heteroatoms. The normalized spacial score (nSPS) is 10.4. The molecule has 0 unspecified atom stereocenters. The molecule has 0 spiro atoms. The Morgan fingerprint density at radius 3 is 1.63 bits per heavy atom. The molecule has 3 heterocycles. The molecular weight excluding hydrogens is 234 g/mol. The van der Waals surface area contributed by atoms with E-state index >= 15 is 0 Å². The van der Waals surface area contributed by atoms with Crippen LogP contribution in [0.15, 0.2) is 60.9 Å². The molecule has 0 saturated heterocycles. The number of hydrogen-bond donors (Lipinski definition) is 0. The minimum absolute atomic E-state index is 0.876. The van der Waals surface area contributed by atoms with Crippen LogP contribution in [0.2, 0.25) is 0 Å². The van der Waals surface area contributed by atoms with Crippen molar-refractivity contribution in [3.05, 3.63) is 66.5 Å². The van der Waals surface area contributed by atoms with Gasteiger partial charge in [-0.05, 0) is 48.9 Å². The Bertz CT molecular complexity index is 621. The van der Waals surface area contributed by atoms with Gasteiger partial charge in [-0.15, -0.1) is 0 Å². The average Bonchev–Trinajstić information content (AvgIpc) is 2.48. The van der Waals surface area contributed by atoms with E-state index in [1.54, 1.807) is 12.4 Å². The molecule has 0 saturated carbocycles. The summed E-state index contributed by atoms with van der Waals surface area (Å²) < 4.78 is 0. The van der Waals surface area contributed by atoms with E-state index in [9.17, 15) is 0 Å². The summed E-state index contributed by atoms with van der Waals surface area (Å²) >= 11 is 0. The molecule has 92 valence electrons. The lowest BCUT2D eigenvalue weighted by Gasteiger charge is -2.06. The summed E-state index contributed by atoms with van der Waals surface area (Å²) in [7, 11) is 0. The maximum Gasteiger partial charge on any atom is 0.0896 e. The molecule has 0 bridgehead atoms. The molecule has 0 fully saturated rings. The fourth-order valence-corrected chi connectivity index (χ4v) is 1.96. The molecule has 0 aliphatic carbocycles. The van der Waals surface area contributed by atoms with Gasteiger partial charge in [0.2, 0.25) is 0 Å². The molecule has 0 radical (unpaired) electrons. The standard InChI is InChI=1S/C16H13N3/c1-12-10-15(13-6-2-4-8-17-13)19-16(11-12)14-7-3-5-9-18-14/h2-11H,1H3. The van der Waals surface area contributed by atoms with E-state index in [1.165, 1.54) is 0 Å². The molecule has 3 nitrogen and oxygen atoms in total. The number of nitrogens with zero attached hydrogens (tertiary/aromatic N) is 3. The number of aryl methyl sites for hydroxylation is 1. The molecule has 19 heavy (non-hydrogen) atoms. The van der Waals surface area contributed by atoms with Crippen molar-refractivity contribution in [1.82, 2.24) is 15.0 Å². The lowest BCUT2D eigenvalue weighted by atomic mass is 10.1. The van der Waals surface area contributed by atoms with Crippen LogP contribution >= 0.6 is 0 Å². The van der Waals surface area contributed by atoms with E-state index in [0.29, 0.717) is 0 Å². The van der Waals surface area contributed by atoms with Crippen LogP contribution in [-0.2, 0) is 0 Å². The van der Waals surface area contributed by atoms with Crippen LogP contribution in [0.25, 0.3) is 22.8 Å². The van der Waals surface area contributed by atoms with Crippen LogP contribution in [-0.4, -0.2) is 15.0 Å². The Balaban J connectivity index is 2.12. The van der Waals surface area contributed by atoms with Crippen LogP contribution in [0.4, 0.5) is 0 Å². The average molecular weight is 247 g/mol. The maximum atomic E-state index is 4.65. The summed E-state index contributed by atoms with van der Waals surface area (Å²) in [6.07, 6.45) is 3.56. The summed E-state index contributed by atoms with van der Waals surface area (Å²) in [5.41, 5.74) is 4.66.